The fraction of sp³-hybridized carbons (Fsp3) is 0.385. The van der Waals surface area contributed by atoms with Crippen LogP contribution in [-0.2, 0) is 9.53 Å². The van der Waals surface area contributed by atoms with E-state index >= 15 is 0 Å². The number of amides is 2. The summed E-state index contributed by atoms with van der Waals surface area (Å²) in [5.74, 6) is -0.207. The van der Waals surface area contributed by atoms with Crippen LogP contribution in [-0.4, -0.2) is 38.6 Å². The van der Waals surface area contributed by atoms with Crippen LogP contribution in [0, 0.1) is 3.57 Å². The number of methoxy groups -OCH3 is 1. The first-order valence-electron chi connectivity index (χ1n) is 5.93. The quantitative estimate of drug-likeness (QED) is 0.555. The topological polar surface area (TPSA) is 67.4 Å². The zero-order valence-electron chi connectivity index (χ0n) is 10.7. The zero-order chi connectivity index (χ0) is 14.1. The Hall–Kier alpha value is -1.15. The molecule has 0 unspecified atom stereocenters. The van der Waals surface area contributed by atoms with E-state index in [2.05, 4.69) is 33.2 Å². The van der Waals surface area contributed by atoms with Gasteiger partial charge in [-0.15, -0.1) is 0 Å². The lowest BCUT2D eigenvalue weighted by atomic mass is 10.2. The first kappa shape index (κ1) is 15.9. The summed E-state index contributed by atoms with van der Waals surface area (Å²) in [6.07, 6.45) is 0.334. The molecule has 0 spiro atoms. The molecule has 1 rings (SSSR count). The van der Waals surface area contributed by atoms with Crippen LogP contribution in [0.1, 0.15) is 16.8 Å². The maximum Gasteiger partial charge on any atom is 0.252 e. The zero-order valence-corrected chi connectivity index (χ0v) is 12.9. The van der Waals surface area contributed by atoms with Gasteiger partial charge in [0.05, 0.1) is 12.2 Å². The summed E-state index contributed by atoms with van der Waals surface area (Å²) in [5, 5.41) is 5.46. The van der Waals surface area contributed by atoms with Crippen LogP contribution in [0.3, 0.4) is 0 Å². The van der Waals surface area contributed by atoms with Crippen molar-refractivity contribution >= 4 is 34.4 Å². The lowest BCUT2D eigenvalue weighted by Crippen LogP contribution is -2.35. The van der Waals surface area contributed by atoms with Gasteiger partial charge in [0.1, 0.15) is 0 Å². The van der Waals surface area contributed by atoms with Gasteiger partial charge in [-0.3, -0.25) is 9.59 Å². The second kappa shape index (κ2) is 8.87. The van der Waals surface area contributed by atoms with Gasteiger partial charge in [0.2, 0.25) is 5.91 Å². The molecule has 5 nitrogen and oxygen atoms in total. The number of rotatable bonds is 7. The van der Waals surface area contributed by atoms with Crippen molar-refractivity contribution in [2.75, 3.05) is 26.8 Å². The third-order valence-corrected chi connectivity index (χ3v) is 3.33. The van der Waals surface area contributed by atoms with Crippen LogP contribution in [0.15, 0.2) is 24.3 Å². The molecular formula is C13H17IN2O3. The van der Waals surface area contributed by atoms with Crippen molar-refractivity contribution in [3.05, 3.63) is 33.4 Å². The Morgan fingerprint density at radius 2 is 1.89 bits per heavy atom. The van der Waals surface area contributed by atoms with E-state index in [1.165, 1.54) is 0 Å². The van der Waals surface area contributed by atoms with Crippen molar-refractivity contribution in [2.24, 2.45) is 0 Å². The molecule has 0 saturated carbocycles. The van der Waals surface area contributed by atoms with E-state index in [1.54, 1.807) is 13.2 Å². The van der Waals surface area contributed by atoms with Crippen molar-refractivity contribution in [3.8, 4) is 0 Å². The van der Waals surface area contributed by atoms with Crippen molar-refractivity contribution in [2.45, 2.75) is 6.42 Å². The summed E-state index contributed by atoms with van der Waals surface area (Å²) < 4.78 is 5.70. The van der Waals surface area contributed by atoms with Gasteiger partial charge < -0.3 is 15.4 Å². The van der Waals surface area contributed by atoms with Gasteiger partial charge in [0.15, 0.2) is 0 Å². The van der Waals surface area contributed by atoms with E-state index in [-0.39, 0.29) is 11.8 Å². The Balaban J connectivity index is 2.25. The van der Waals surface area contributed by atoms with Gasteiger partial charge in [-0.25, -0.2) is 0 Å². The first-order chi connectivity index (χ1) is 9.15. The van der Waals surface area contributed by atoms with Gasteiger partial charge in [0.25, 0.3) is 5.91 Å². The van der Waals surface area contributed by atoms with Crippen LogP contribution < -0.4 is 10.6 Å². The van der Waals surface area contributed by atoms with Crippen molar-refractivity contribution in [3.63, 3.8) is 0 Å². The van der Waals surface area contributed by atoms with Crippen LogP contribution in [0.2, 0.25) is 0 Å². The summed E-state index contributed by atoms with van der Waals surface area (Å²) in [6, 6.07) is 7.36. The van der Waals surface area contributed by atoms with Crippen molar-refractivity contribution in [1.29, 1.82) is 0 Å². The summed E-state index contributed by atoms with van der Waals surface area (Å²) in [4.78, 5) is 23.1. The molecule has 104 valence electrons. The van der Waals surface area contributed by atoms with Crippen LogP contribution >= 0.6 is 22.6 Å². The Kier molecular flexibility index (Phi) is 7.42. The molecule has 0 bridgehead atoms. The van der Waals surface area contributed by atoms with E-state index in [4.69, 9.17) is 4.74 Å². The molecule has 0 fully saturated rings. The van der Waals surface area contributed by atoms with Crippen LogP contribution in [0.4, 0.5) is 0 Å². The Labute approximate surface area is 126 Å². The Bertz CT molecular complexity index is 438. The molecule has 0 aliphatic heterocycles. The number of ether oxygens (including phenoxy) is 1. The highest BCUT2D eigenvalue weighted by atomic mass is 127. The normalized spacial score (nSPS) is 10.0. The molecule has 0 heterocycles. The van der Waals surface area contributed by atoms with E-state index in [0.717, 1.165) is 3.57 Å². The molecule has 0 aliphatic carbocycles. The van der Waals surface area contributed by atoms with Gasteiger partial charge in [-0.1, -0.05) is 12.1 Å². The highest BCUT2D eigenvalue weighted by Gasteiger charge is 2.08. The predicted octanol–water partition coefficient (Wildman–Crippen LogP) is 1.17. The fourth-order valence-electron chi connectivity index (χ4n) is 1.40. The number of carbonyl (C=O) groups is 2. The standard InChI is InChI=1S/C13H17IN2O3/c1-19-9-6-12(17)15-7-8-16-13(18)10-4-2-3-5-11(10)14/h2-5H,6-9H2,1H3,(H,15,17)(H,16,18). The molecule has 0 aliphatic rings. The maximum atomic E-state index is 11.8. The average molecular weight is 376 g/mol. The minimum absolute atomic E-state index is 0.0783. The lowest BCUT2D eigenvalue weighted by Gasteiger charge is -2.08. The number of carbonyl (C=O) groups excluding carboxylic acids is 2. The number of hydrogen-bond donors (Lipinski definition) is 2. The third kappa shape index (κ3) is 6.02. The molecule has 0 saturated heterocycles. The molecule has 1 aromatic rings. The second-order valence-corrected chi connectivity index (χ2v) is 4.99. The average Bonchev–Trinajstić information content (AvgIpc) is 2.41. The first-order valence-corrected chi connectivity index (χ1v) is 7.01. The maximum absolute atomic E-state index is 11.8. The van der Waals surface area contributed by atoms with Crippen molar-refractivity contribution < 1.29 is 14.3 Å². The summed E-state index contributed by atoms with van der Waals surface area (Å²) >= 11 is 2.12. The molecule has 0 aromatic heterocycles. The number of nitrogens with one attached hydrogen (secondary N) is 2. The van der Waals surface area contributed by atoms with Gasteiger partial charge >= 0.3 is 0 Å². The molecule has 2 amide bonds. The molecule has 0 atom stereocenters. The molecule has 0 radical (unpaired) electrons. The van der Waals surface area contributed by atoms with Gasteiger partial charge in [0, 0.05) is 30.2 Å². The Morgan fingerprint density at radius 1 is 1.21 bits per heavy atom. The van der Waals surface area contributed by atoms with E-state index in [1.807, 2.05) is 18.2 Å². The van der Waals surface area contributed by atoms with E-state index < -0.39 is 0 Å². The summed E-state index contributed by atoms with van der Waals surface area (Å²) in [5.41, 5.74) is 0.647. The van der Waals surface area contributed by atoms with Crippen LogP contribution in [0.5, 0.6) is 0 Å². The molecule has 2 N–H and O–H groups in total. The highest BCUT2D eigenvalue weighted by molar-refractivity contribution is 14.1. The van der Waals surface area contributed by atoms with E-state index in [0.29, 0.717) is 31.7 Å². The monoisotopic (exact) mass is 376 g/mol. The molecular weight excluding hydrogens is 359 g/mol. The minimum Gasteiger partial charge on any atom is -0.384 e. The second-order valence-electron chi connectivity index (χ2n) is 3.83. The predicted molar refractivity (Wildman–Crippen MR) is 81.0 cm³/mol. The largest absolute Gasteiger partial charge is 0.384 e. The molecule has 1 aromatic carbocycles. The number of hydrogen-bond acceptors (Lipinski definition) is 3. The minimum atomic E-state index is -0.129. The fourth-order valence-corrected chi connectivity index (χ4v) is 2.03. The SMILES string of the molecule is COCCC(=O)NCCNC(=O)c1ccccc1I. The highest BCUT2D eigenvalue weighted by Crippen LogP contribution is 2.10. The summed E-state index contributed by atoms with van der Waals surface area (Å²) in [6.45, 7) is 1.22. The molecule has 19 heavy (non-hydrogen) atoms. The van der Waals surface area contributed by atoms with Crippen molar-refractivity contribution in [1.82, 2.24) is 10.6 Å². The van der Waals surface area contributed by atoms with E-state index in [9.17, 15) is 9.59 Å². The van der Waals surface area contributed by atoms with Crippen LogP contribution in [0.25, 0.3) is 0 Å². The third-order valence-electron chi connectivity index (χ3n) is 2.38. The number of halogens is 1. The molecule has 6 heteroatoms. The Morgan fingerprint density at radius 3 is 2.58 bits per heavy atom. The summed E-state index contributed by atoms with van der Waals surface area (Å²) in [7, 11) is 1.55. The van der Waals surface area contributed by atoms with Gasteiger partial charge in [-0.2, -0.15) is 0 Å². The smallest absolute Gasteiger partial charge is 0.252 e. The number of benzene rings is 1. The van der Waals surface area contributed by atoms with Gasteiger partial charge in [-0.05, 0) is 34.7 Å². The lowest BCUT2D eigenvalue weighted by molar-refractivity contribution is -0.121.